The van der Waals surface area contributed by atoms with E-state index in [1.165, 1.54) is 5.56 Å². The van der Waals surface area contributed by atoms with Crippen molar-refractivity contribution in [2.24, 2.45) is 0 Å². The molecule has 0 unspecified atom stereocenters. The Kier molecular flexibility index (Phi) is 1.73. The van der Waals surface area contributed by atoms with Gasteiger partial charge in [-0.05, 0) is 25.5 Å². The second-order valence-electron chi connectivity index (χ2n) is 3.47. The number of hydrogen-bond donors (Lipinski definition) is 0. The van der Waals surface area contributed by atoms with Gasteiger partial charge >= 0.3 is 0 Å². The van der Waals surface area contributed by atoms with E-state index in [-0.39, 0.29) is 6.10 Å². The van der Waals surface area contributed by atoms with Gasteiger partial charge in [0.05, 0.1) is 11.6 Å². The van der Waals surface area contributed by atoms with Crippen molar-refractivity contribution in [1.29, 1.82) is 5.26 Å². The van der Waals surface area contributed by atoms with Gasteiger partial charge in [-0.1, -0.05) is 6.07 Å². The Morgan fingerprint density at radius 2 is 2.31 bits per heavy atom. The summed E-state index contributed by atoms with van der Waals surface area (Å²) < 4.78 is 5.63. The molecule has 1 heterocycles. The highest BCUT2D eigenvalue weighted by atomic mass is 16.5. The van der Waals surface area contributed by atoms with Crippen LogP contribution in [-0.2, 0) is 6.42 Å². The molecule has 2 nitrogen and oxygen atoms in total. The van der Waals surface area contributed by atoms with Gasteiger partial charge in [-0.25, -0.2) is 0 Å². The third-order valence-corrected chi connectivity index (χ3v) is 2.43. The second kappa shape index (κ2) is 2.77. The smallest absolute Gasteiger partial charge is 0.127 e. The molecule has 1 aliphatic heterocycles. The number of ether oxygens (including phenoxy) is 1. The standard InChI is InChI=1S/C11H11NO/c1-7-5-9-3-4-10(6-12)8(2)11(9)13-7/h3-4,7H,5H2,1-2H3/t7-/m1/s1. The molecule has 0 bridgehead atoms. The summed E-state index contributed by atoms with van der Waals surface area (Å²) in [4.78, 5) is 0. The summed E-state index contributed by atoms with van der Waals surface area (Å²) in [6.07, 6.45) is 1.21. The highest BCUT2D eigenvalue weighted by Gasteiger charge is 2.21. The van der Waals surface area contributed by atoms with E-state index >= 15 is 0 Å². The van der Waals surface area contributed by atoms with E-state index in [4.69, 9.17) is 10.00 Å². The zero-order chi connectivity index (χ0) is 9.42. The van der Waals surface area contributed by atoms with Crippen molar-refractivity contribution >= 4 is 0 Å². The van der Waals surface area contributed by atoms with Crippen molar-refractivity contribution in [3.05, 3.63) is 28.8 Å². The Hall–Kier alpha value is -1.49. The molecule has 0 amide bonds. The van der Waals surface area contributed by atoms with Crippen molar-refractivity contribution in [1.82, 2.24) is 0 Å². The number of fused-ring (bicyclic) bond motifs is 1. The molecule has 0 saturated carbocycles. The molecule has 13 heavy (non-hydrogen) atoms. The zero-order valence-electron chi connectivity index (χ0n) is 7.79. The van der Waals surface area contributed by atoms with E-state index in [1.54, 1.807) is 0 Å². The highest BCUT2D eigenvalue weighted by Crippen LogP contribution is 2.33. The second-order valence-corrected chi connectivity index (χ2v) is 3.47. The lowest BCUT2D eigenvalue weighted by molar-refractivity contribution is 0.253. The SMILES string of the molecule is Cc1c(C#N)ccc2c1O[C@H](C)C2. The van der Waals surface area contributed by atoms with Crippen LogP contribution in [0.4, 0.5) is 0 Å². The summed E-state index contributed by atoms with van der Waals surface area (Å²) in [6, 6.07) is 6.02. The number of nitriles is 1. The van der Waals surface area contributed by atoms with Gasteiger partial charge in [0.2, 0.25) is 0 Å². The van der Waals surface area contributed by atoms with E-state index in [0.717, 1.165) is 17.7 Å². The lowest BCUT2D eigenvalue weighted by Gasteiger charge is -2.06. The largest absolute Gasteiger partial charge is 0.490 e. The molecule has 1 atom stereocenters. The molecule has 0 spiro atoms. The van der Waals surface area contributed by atoms with Crippen LogP contribution in [0.5, 0.6) is 5.75 Å². The van der Waals surface area contributed by atoms with E-state index < -0.39 is 0 Å². The average molecular weight is 173 g/mol. The van der Waals surface area contributed by atoms with E-state index in [0.29, 0.717) is 5.56 Å². The Balaban J connectivity index is 2.56. The van der Waals surface area contributed by atoms with Crippen LogP contribution in [0.25, 0.3) is 0 Å². The quantitative estimate of drug-likeness (QED) is 0.602. The summed E-state index contributed by atoms with van der Waals surface area (Å²) >= 11 is 0. The van der Waals surface area contributed by atoms with Gasteiger partial charge in [0.15, 0.2) is 0 Å². The number of rotatable bonds is 0. The fourth-order valence-corrected chi connectivity index (χ4v) is 1.75. The molecule has 1 aliphatic rings. The zero-order valence-corrected chi connectivity index (χ0v) is 7.79. The fourth-order valence-electron chi connectivity index (χ4n) is 1.75. The van der Waals surface area contributed by atoms with Crippen molar-refractivity contribution in [3.8, 4) is 11.8 Å². The first-order chi connectivity index (χ1) is 6.22. The van der Waals surface area contributed by atoms with Crippen molar-refractivity contribution < 1.29 is 4.74 Å². The highest BCUT2D eigenvalue weighted by molar-refractivity contribution is 5.52. The summed E-state index contributed by atoms with van der Waals surface area (Å²) in [5, 5.41) is 8.81. The number of benzene rings is 1. The van der Waals surface area contributed by atoms with Crippen LogP contribution in [-0.4, -0.2) is 6.10 Å². The summed E-state index contributed by atoms with van der Waals surface area (Å²) in [5.74, 6) is 0.923. The third kappa shape index (κ3) is 1.17. The summed E-state index contributed by atoms with van der Waals surface area (Å²) in [5.41, 5.74) is 2.92. The predicted octanol–water partition coefficient (Wildman–Crippen LogP) is 2.19. The third-order valence-electron chi connectivity index (χ3n) is 2.43. The average Bonchev–Trinajstić information content (AvgIpc) is 2.47. The Labute approximate surface area is 77.8 Å². The van der Waals surface area contributed by atoms with Crippen molar-refractivity contribution in [3.63, 3.8) is 0 Å². The van der Waals surface area contributed by atoms with E-state index in [1.807, 2.05) is 26.0 Å². The monoisotopic (exact) mass is 173 g/mol. The molecule has 1 aromatic carbocycles. The molecule has 0 N–H and O–H groups in total. The maximum absolute atomic E-state index is 8.81. The molecule has 0 aliphatic carbocycles. The molecule has 0 saturated heterocycles. The van der Waals surface area contributed by atoms with Gasteiger partial charge in [-0.3, -0.25) is 0 Å². The van der Waals surface area contributed by atoms with Crippen molar-refractivity contribution in [2.45, 2.75) is 26.4 Å². The normalized spacial score (nSPS) is 19.0. The van der Waals surface area contributed by atoms with Gasteiger partial charge in [-0.2, -0.15) is 5.26 Å². The molecule has 0 aromatic heterocycles. The lowest BCUT2D eigenvalue weighted by Crippen LogP contribution is -2.05. The van der Waals surface area contributed by atoms with Crippen LogP contribution in [0, 0.1) is 18.3 Å². The number of nitrogens with zero attached hydrogens (tertiary/aromatic N) is 1. The van der Waals surface area contributed by atoms with Crippen LogP contribution < -0.4 is 4.74 Å². The minimum atomic E-state index is 0.252. The van der Waals surface area contributed by atoms with Gasteiger partial charge in [0.1, 0.15) is 11.9 Å². The first-order valence-corrected chi connectivity index (χ1v) is 4.41. The summed E-state index contributed by atoms with van der Waals surface area (Å²) in [7, 11) is 0. The minimum Gasteiger partial charge on any atom is -0.490 e. The molecule has 0 radical (unpaired) electrons. The van der Waals surface area contributed by atoms with E-state index in [2.05, 4.69) is 6.07 Å². The van der Waals surface area contributed by atoms with Gasteiger partial charge < -0.3 is 4.74 Å². The molecular formula is C11H11NO. The lowest BCUT2D eigenvalue weighted by atomic mass is 10.0. The first kappa shape index (κ1) is 8.12. The van der Waals surface area contributed by atoms with E-state index in [9.17, 15) is 0 Å². The van der Waals surface area contributed by atoms with Crippen LogP contribution in [0.2, 0.25) is 0 Å². The first-order valence-electron chi connectivity index (χ1n) is 4.41. The molecular weight excluding hydrogens is 162 g/mol. The Bertz CT molecular complexity index is 390. The van der Waals surface area contributed by atoms with Crippen LogP contribution in [0.15, 0.2) is 12.1 Å². The van der Waals surface area contributed by atoms with Crippen molar-refractivity contribution in [2.75, 3.05) is 0 Å². The van der Waals surface area contributed by atoms with Crippen LogP contribution >= 0.6 is 0 Å². The topological polar surface area (TPSA) is 33.0 Å². The van der Waals surface area contributed by atoms with Crippen LogP contribution in [0.1, 0.15) is 23.6 Å². The fraction of sp³-hybridized carbons (Fsp3) is 0.364. The van der Waals surface area contributed by atoms with Crippen LogP contribution in [0.3, 0.4) is 0 Å². The van der Waals surface area contributed by atoms with Gasteiger partial charge in [0.25, 0.3) is 0 Å². The Morgan fingerprint density at radius 1 is 1.54 bits per heavy atom. The van der Waals surface area contributed by atoms with Gasteiger partial charge in [-0.15, -0.1) is 0 Å². The maximum Gasteiger partial charge on any atom is 0.127 e. The summed E-state index contributed by atoms with van der Waals surface area (Å²) in [6.45, 7) is 3.99. The maximum atomic E-state index is 8.81. The molecule has 2 rings (SSSR count). The molecule has 66 valence electrons. The molecule has 1 aromatic rings. The number of hydrogen-bond acceptors (Lipinski definition) is 2. The molecule has 0 fully saturated rings. The Morgan fingerprint density at radius 3 is 3.00 bits per heavy atom. The van der Waals surface area contributed by atoms with Gasteiger partial charge in [0, 0.05) is 12.0 Å². The molecule has 2 heteroatoms. The minimum absolute atomic E-state index is 0.252. The predicted molar refractivity (Wildman–Crippen MR) is 49.7 cm³/mol.